The van der Waals surface area contributed by atoms with Crippen molar-refractivity contribution in [2.24, 2.45) is 5.41 Å². The molecule has 1 aliphatic heterocycles. The van der Waals surface area contributed by atoms with E-state index in [0.29, 0.717) is 0 Å². The summed E-state index contributed by atoms with van der Waals surface area (Å²) in [6, 6.07) is 0. The fourth-order valence-corrected chi connectivity index (χ4v) is 2.79. The number of ether oxygens (including phenoxy) is 1. The summed E-state index contributed by atoms with van der Waals surface area (Å²) < 4.78 is 5.96. The Morgan fingerprint density at radius 3 is 2.79 bits per heavy atom. The van der Waals surface area contributed by atoms with E-state index in [1.54, 1.807) is 13.0 Å². The minimum absolute atomic E-state index is 0.0897. The van der Waals surface area contributed by atoms with Gasteiger partial charge in [-0.25, -0.2) is 0 Å². The standard InChI is InChI=1S/C17H22O2/c1-5-10-17(4)13(3)16(11-12(2)18)19-15-9-7-6-8-14(15)17/h5,8-9,11,18H,1,6-7,10H2,2-4H3/b12-11+. The summed E-state index contributed by atoms with van der Waals surface area (Å²) in [6.07, 6.45) is 11.0. The molecule has 0 spiro atoms. The van der Waals surface area contributed by atoms with Gasteiger partial charge in [-0.05, 0) is 44.8 Å². The highest BCUT2D eigenvalue weighted by Crippen LogP contribution is 2.50. The zero-order valence-corrected chi connectivity index (χ0v) is 12.0. The van der Waals surface area contributed by atoms with Crippen LogP contribution >= 0.6 is 0 Å². The van der Waals surface area contributed by atoms with E-state index in [-0.39, 0.29) is 11.2 Å². The summed E-state index contributed by atoms with van der Waals surface area (Å²) in [5.74, 6) is 1.96. The minimum atomic E-state index is -0.0897. The molecule has 1 heterocycles. The Hall–Kier alpha value is -1.70. The van der Waals surface area contributed by atoms with Crippen LogP contribution in [0.3, 0.4) is 0 Å². The first kappa shape index (κ1) is 13.7. The molecule has 19 heavy (non-hydrogen) atoms. The number of hydrogen-bond donors (Lipinski definition) is 1. The molecule has 2 aliphatic rings. The Labute approximate surface area is 115 Å². The molecular weight excluding hydrogens is 236 g/mol. The van der Waals surface area contributed by atoms with Gasteiger partial charge < -0.3 is 9.84 Å². The quantitative estimate of drug-likeness (QED) is 0.574. The van der Waals surface area contributed by atoms with Crippen molar-refractivity contribution in [3.05, 3.63) is 59.3 Å². The monoisotopic (exact) mass is 258 g/mol. The number of fused-ring (bicyclic) bond motifs is 1. The maximum atomic E-state index is 9.51. The van der Waals surface area contributed by atoms with Crippen LogP contribution in [0.5, 0.6) is 0 Å². The lowest BCUT2D eigenvalue weighted by Gasteiger charge is -2.40. The van der Waals surface area contributed by atoms with Gasteiger partial charge in [0.15, 0.2) is 0 Å². The van der Waals surface area contributed by atoms with Crippen molar-refractivity contribution in [1.29, 1.82) is 0 Å². The number of aliphatic hydroxyl groups is 1. The van der Waals surface area contributed by atoms with Gasteiger partial charge in [-0.1, -0.05) is 19.1 Å². The summed E-state index contributed by atoms with van der Waals surface area (Å²) in [5, 5.41) is 9.51. The van der Waals surface area contributed by atoms with E-state index in [1.165, 1.54) is 5.57 Å². The first-order valence-corrected chi connectivity index (χ1v) is 6.77. The maximum absolute atomic E-state index is 9.51. The molecule has 2 rings (SSSR count). The van der Waals surface area contributed by atoms with Crippen LogP contribution in [0.2, 0.25) is 0 Å². The van der Waals surface area contributed by atoms with E-state index >= 15 is 0 Å². The van der Waals surface area contributed by atoms with E-state index in [0.717, 1.165) is 36.4 Å². The Morgan fingerprint density at radius 2 is 2.16 bits per heavy atom. The average Bonchev–Trinajstić information content (AvgIpc) is 2.36. The molecule has 1 atom stereocenters. The van der Waals surface area contributed by atoms with Crippen molar-refractivity contribution in [2.75, 3.05) is 0 Å². The molecule has 1 unspecified atom stereocenters. The van der Waals surface area contributed by atoms with Crippen LogP contribution in [0.4, 0.5) is 0 Å². The molecule has 0 radical (unpaired) electrons. The number of aliphatic hydroxyl groups excluding tert-OH is 1. The van der Waals surface area contributed by atoms with Crippen molar-refractivity contribution < 1.29 is 9.84 Å². The molecule has 0 fully saturated rings. The Bertz CT molecular complexity index is 513. The third-order valence-corrected chi connectivity index (χ3v) is 4.01. The van der Waals surface area contributed by atoms with Gasteiger partial charge in [-0.15, -0.1) is 6.58 Å². The SMILES string of the molecule is C=CCC1(C)C2=CCCC=C2OC(/C=C(\C)O)=C1C. The van der Waals surface area contributed by atoms with Crippen molar-refractivity contribution >= 4 is 0 Å². The lowest BCUT2D eigenvalue weighted by atomic mass is 9.69. The highest BCUT2D eigenvalue weighted by molar-refractivity contribution is 5.48. The second-order valence-electron chi connectivity index (χ2n) is 5.47. The highest BCUT2D eigenvalue weighted by Gasteiger charge is 2.39. The summed E-state index contributed by atoms with van der Waals surface area (Å²) in [5.41, 5.74) is 2.31. The van der Waals surface area contributed by atoms with Gasteiger partial charge in [-0.3, -0.25) is 0 Å². The van der Waals surface area contributed by atoms with Crippen LogP contribution in [-0.4, -0.2) is 5.11 Å². The molecule has 0 aromatic heterocycles. The van der Waals surface area contributed by atoms with E-state index in [2.05, 4.69) is 32.6 Å². The van der Waals surface area contributed by atoms with Gasteiger partial charge in [0, 0.05) is 17.1 Å². The van der Waals surface area contributed by atoms with Gasteiger partial charge in [0.2, 0.25) is 0 Å². The molecule has 1 aliphatic carbocycles. The molecular formula is C17H22O2. The Morgan fingerprint density at radius 1 is 1.47 bits per heavy atom. The van der Waals surface area contributed by atoms with Crippen molar-refractivity contribution in [1.82, 2.24) is 0 Å². The molecule has 2 nitrogen and oxygen atoms in total. The van der Waals surface area contributed by atoms with Gasteiger partial charge in [0.25, 0.3) is 0 Å². The molecule has 0 amide bonds. The first-order chi connectivity index (χ1) is 8.99. The Kier molecular flexibility index (Phi) is 3.70. The highest BCUT2D eigenvalue weighted by atomic mass is 16.5. The zero-order valence-electron chi connectivity index (χ0n) is 12.0. The topological polar surface area (TPSA) is 29.5 Å². The van der Waals surface area contributed by atoms with Gasteiger partial charge >= 0.3 is 0 Å². The van der Waals surface area contributed by atoms with Crippen molar-refractivity contribution in [3.63, 3.8) is 0 Å². The van der Waals surface area contributed by atoms with Gasteiger partial charge in [-0.2, -0.15) is 0 Å². The molecule has 2 heteroatoms. The molecule has 0 aromatic rings. The van der Waals surface area contributed by atoms with Gasteiger partial charge in [0.05, 0.1) is 5.76 Å². The summed E-state index contributed by atoms with van der Waals surface area (Å²) >= 11 is 0. The number of allylic oxidation sites excluding steroid dienone is 7. The molecule has 0 saturated carbocycles. The minimum Gasteiger partial charge on any atom is -0.512 e. The molecule has 0 saturated heterocycles. The predicted molar refractivity (Wildman–Crippen MR) is 78.5 cm³/mol. The molecule has 0 aromatic carbocycles. The second-order valence-corrected chi connectivity index (χ2v) is 5.47. The smallest absolute Gasteiger partial charge is 0.130 e. The fourth-order valence-electron chi connectivity index (χ4n) is 2.79. The first-order valence-electron chi connectivity index (χ1n) is 6.77. The third kappa shape index (κ3) is 2.40. The third-order valence-electron chi connectivity index (χ3n) is 4.01. The number of hydrogen-bond acceptors (Lipinski definition) is 2. The van der Waals surface area contributed by atoms with Crippen LogP contribution in [0.1, 0.15) is 40.0 Å². The summed E-state index contributed by atoms with van der Waals surface area (Å²) in [7, 11) is 0. The summed E-state index contributed by atoms with van der Waals surface area (Å²) in [4.78, 5) is 0. The van der Waals surface area contributed by atoms with Crippen molar-refractivity contribution in [3.8, 4) is 0 Å². The Balaban J connectivity index is 2.58. The summed E-state index contributed by atoms with van der Waals surface area (Å²) in [6.45, 7) is 9.84. The number of rotatable bonds is 3. The second kappa shape index (κ2) is 5.12. The van der Waals surface area contributed by atoms with Crippen LogP contribution in [0.15, 0.2) is 59.3 Å². The van der Waals surface area contributed by atoms with E-state index in [9.17, 15) is 5.11 Å². The molecule has 102 valence electrons. The van der Waals surface area contributed by atoms with Crippen LogP contribution < -0.4 is 0 Å². The van der Waals surface area contributed by atoms with E-state index < -0.39 is 0 Å². The largest absolute Gasteiger partial charge is 0.512 e. The van der Waals surface area contributed by atoms with Crippen LogP contribution in [0, 0.1) is 5.41 Å². The lowest BCUT2D eigenvalue weighted by Crippen LogP contribution is -2.28. The predicted octanol–water partition coefficient (Wildman–Crippen LogP) is 4.94. The van der Waals surface area contributed by atoms with Crippen molar-refractivity contribution in [2.45, 2.75) is 40.0 Å². The molecule has 1 N–H and O–H groups in total. The van der Waals surface area contributed by atoms with Crippen LogP contribution in [-0.2, 0) is 4.74 Å². The molecule has 0 bridgehead atoms. The lowest BCUT2D eigenvalue weighted by molar-refractivity contribution is 0.256. The fraction of sp³-hybridized carbons (Fsp3) is 0.412. The van der Waals surface area contributed by atoms with Gasteiger partial charge in [0.1, 0.15) is 11.5 Å². The zero-order chi connectivity index (χ0) is 14.0. The van der Waals surface area contributed by atoms with E-state index in [1.807, 2.05) is 6.08 Å². The van der Waals surface area contributed by atoms with E-state index in [4.69, 9.17) is 4.74 Å². The normalized spacial score (nSPS) is 27.2. The maximum Gasteiger partial charge on any atom is 0.130 e. The van der Waals surface area contributed by atoms with Crippen LogP contribution in [0.25, 0.3) is 0 Å². The average molecular weight is 258 g/mol.